The molecule has 2 aromatic heterocycles. The van der Waals surface area contributed by atoms with E-state index >= 15 is 0 Å². The number of hydrogen-bond donors (Lipinski definition) is 1. The number of carboxylic acid groups (broad SMARTS) is 1. The maximum atomic E-state index is 11.6. The van der Waals surface area contributed by atoms with Gasteiger partial charge in [-0.2, -0.15) is 0 Å². The molecule has 2 aromatic rings. The molecule has 6 heteroatoms. The number of carbonyl (C=O) groups is 1. The van der Waals surface area contributed by atoms with E-state index in [4.69, 9.17) is 5.11 Å². The summed E-state index contributed by atoms with van der Waals surface area (Å²) >= 11 is 3.12. The van der Waals surface area contributed by atoms with Crippen LogP contribution in [0.1, 0.15) is 10.4 Å². The van der Waals surface area contributed by atoms with Crippen molar-refractivity contribution in [1.82, 2.24) is 8.58 Å². The molecule has 0 bridgehead atoms. The van der Waals surface area contributed by atoms with Crippen molar-refractivity contribution in [1.29, 1.82) is 0 Å². The molecule has 5 nitrogen and oxygen atoms in total. The van der Waals surface area contributed by atoms with Gasteiger partial charge in [0.1, 0.15) is 11.1 Å². The van der Waals surface area contributed by atoms with Crippen LogP contribution in [0, 0.1) is 0 Å². The van der Waals surface area contributed by atoms with Gasteiger partial charge in [0, 0.05) is 12.4 Å². The van der Waals surface area contributed by atoms with Crippen molar-refractivity contribution in [2.45, 2.75) is 0 Å². The van der Waals surface area contributed by atoms with E-state index in [1.807, 2.05) is 0 Å². The lowest BCUT2D eigenvalue weighted by atomic mass is 10.2. The highest BCUT2D eigenvalue weighted by atomic mass is 79.9. The number of carboxylic acids is 1. The quantitative estimate of drug-likeness (QED) is 0.845. The third-order valence-corrected chi connectivity index (χ3v) is 2.54. The van der Waals surface area contributed by atoms with E-state index in [0.717, 1.165) is 0 Å². The molecule has 0 aliphatic heterocycles. The number of pyridine rings is 2. The Balaban J connectivity index is 2.97. The number of rotatable bonds is 1. The van der Waals surface area contributed by atoms with Crippen LogP contribution in [0.2, 0.25) is 0 Å². The standard InChI is InChI=1S/C9H5BrN2O3/c10-12-4-5(9(14)15)8(13)7-6(12)2-1-3-11-7/h1-4H,(H,14,15). The van der Waals surface area contributed by atoms with E-state index in [1.165, 1.54) is 16.0 Å². The van der Waals surface area contributed by atoms with Gasteiger partial charge in [0.15, 0.2) is 0 Å². The van der Waals surface area contributed by atoms with Gasteiger partial charge in [-0.15, -0.1) is 0 Å². The van der Waals surface area contributed by atoms with Gasteiger partial charge in [-0.1, -0.05) is 0 Å². The summed E-state index contributed by atoms with van der Waals surface area (Å²) in [5.74, 6) is -1.26. The Bertz CT molecular complexity index is 606. The number of fused-ring (bicyclic) bond motifs is 1. The maximum absolute atomic E-state index is 11.6. The average Bonchev–Trinajstić information content (AvgIpc) is 2.23. The molecule has 1 N–H and O–H groups in total. The molecule has 2 heterocycles. The Morgan fingerprint density at radius 1 is 1.53 bits per heavy atom. The van der Waals surface area contributed by atoms with Crippen LogP contribution in [0.15, 0.2) is 29.3 Å². The number of aromatic carboxylic acids is 1. The van der Waals surface area contributed by atoms with Crippen LogP contribution in [-0.4, -0.2) is 19.7 Å². The molecule has 0 saturated carbocycles. The van der Waals surface area contributed by atoms with E-state index in [-0.39, 0.29) is 11.1 Å². The minimum absolute atomic E-state index is 0.134. The molecule has 0 unspecified atom stereocenters. The lowest BCUT2D eigenvalue weighted by Gasteiger charge is -2.03. The second-order valence-corrected chi connectivity index (χ2v) is 3.62. The normalized spacial score (nSPS) is 10.5. The molecule has 15 heavy (non-hydrogen) atoms. The molecule has 0 aliphatic rings. The smallest absolute Gasteiger partial charge is 0.341 e. The predicted octanol–water partition coefficient (Wildman–Crippen LogP) is 1.25. The summed E-state index contributed by atoms with van der Waals surface area (Å²) in [6, 6.07) is 3.34. The summed E-state index contributed by atoms with van der Waals surface area (Å²) in [5.41, 5.74) is -0.214. The molecule has 0 aliphatic carbocycles. The lowest BCUT2D eigenvalue weighted by molar-refractivity contribution is 0.0695. The molecule has 76 valence electrons. The second kappa shape index (κ2) is 3.47. The SMILES string of the molecule is O=C(O)c1cn(Br)c2cccnc2c1=O. The van der Waals surface area contributed by atoms with E-state index < -0.39 is 11.4 Å². The Kier molecular flexibility index (Phi) is 2.28. The van der Waals surface area contributed by atoms with Gasteiger partial charge in [0.2, 0.25) is 5.43 Å². The molecular formula is C9H5BrN2O3. The van der Waals surface area contributed by atoms with Crippen LogP contribution in [0.4, 0.5) is 0 Å². The van der Waals surface area contributed by atoms with Gasteiger partial charge in [-0.3, -0.25) is 13.4 Å². The predicted molar refractivity (Wildman–Crippen MR) is 57.3 cm³/mol. The first-order valence-electron chi connectivity index (χ1n) is 4.01. The second-order valence-electron chi connectivity index (χ2n) is 2.86. The first-order chi connectivity index (χ1) is 7.11. The van der Waals surface area contributed by atoms with Crippen molar-refractivity contribution < 1.29 is 9.90 Å². The zero-order chi connectivity index (χ0) is 11.0. The highest BCUT2D eigenvalue weighted by molar-refractivity contribution is 9.08. The summed E-state index contributed by atoms with van der Waals surface area (Å²) in [6.07, 6.45) is 2.66. The highest BCUT2D eigenvalue weighted by Crippen LogP contribution is 2.11. The number of hydrogen-bond acceptors (Lipinski definition) is 3. The van der Waals surface area contributed by atoms with Crippen molar-refractivity contribution in [2.24, 2.45) is 0 Å². The number of nitrogens with zero attached hydrogens (tertiary/aromatic N) is 2. The van der Waals surface area contributed by atoms with E-state index in [2.05, 4.69) is 21.1 Å². The van der Waals surface area contributed by atoms with Crippen molar-refractivity contribution >= 4 is 33.1 Å². The van der Waals surface area contributed by atoms with E-state index in [9.17, 15) is 9.59 Å². The van der Waals surface area contributed by atoms with Crippen molar-refractivity contribution in [3.8, 4) is 0 Å². The molecule has 0 amide bonds. The molecule has 0 fully saturated rings. The van der Waals surface area contributed by atoms with Crippen molar-refractivity contribution in [2.75, 3.05) is 0 Å². The zero-order valence-electron chi connectivity index (χ0n) is 7.35. The molecule has 0 radical (unpaired) electrons. The molecule has 0 saturated heterocycles. The first kappa shape index (κ1) is 9.85. The summed E-state index contributed by atoms with van der Waals surface area (Å²) in [4.78, 5) is 26.3. The lowest BCUT2D eigenvalue weighted by Crippen LogP contribution is -2.17. The molecule has 0 spiro atoms. The fraction of sp³-hybridized carbons (Fsp3) is 0. The van der Waals surface area contributed by atoms with Crippen molar-refractivity contribution in [3.05, 3.63) is 40.3 Å². The minimum Gasteiger partial charge on any atom is -0.477 e. The number of aromatic nitrogens is 2. The van der Waals surface area contributed by atoms with Gasteiger partial charge in [0.05, 0.1) is 21.7 Å². The van der Waals surface area contributed by atoms with Crippen LogP contribution >= 0.6 is 16.1 Å². The molecular weight excluding hydrogens is 264 g/mol. The van der Waals surface area contributed by atoms with Gasteiger partial charge in [-0.25, -0.2) is 4.79 Å². The van der Waals surface area contributed by atoms with Gasteiger partial charge >= 0.3 is 5.97 Å². The fourth-order valence-electron chi connectivity index (χ4n) is 1.27. The average molecular weight is 269 g/mol. The summed E-state index contributed by atoms with van der Waals surface area (Å²) in [6.45, 7) is 0. The summed E-state index contributed by atoms with van der Waals surface area (Å²) < 4.78 is 1.39. The Hall–Kier alpha value is -1.69. The topological polar surface area (TPSA) is 72.2 Å². The Labute approximate surface area is 92.3 Å². The van der Waals surface area contributed by atoms with E-state index in [0.29, 0.717) is 5.52 Å². The zero-order valence-corrected chi connectivity index (χ0v) is 8.93. The van der Waals surface area contributed by atoms with Crippen LogP contribution in [-0.2, 0) is 0 Å². The first-order valence-corrected chi connectivity index (χ1v) is 4.72. The largest absolute Gasteiger partial charge is 0.477 e. The monoisotopic (exact) mass is 268 g/mol. The number of halogens is 1. The molecule has 2 rings (SSSR count). The van der Waals surface area contributed by atoms with Crippen LogP contribution in [0.5, 0.6) is 0 Å². The fourth-order valence-corrected chi connectivity index (χ4v) is 1.76. The van der Waals surface area contributed by atoms with E-state index in [1.54, 1.807) is 12.1 Å². The van der Waals surface area contributed by atoms with Crippen molar-refractivity contribution in [3.63, 3.8) is 0 Å². The van der Waals surface area contributed by atoms with Gasteiger partial charge < -0.3 is 5.11 Å². The third kappa shape index (κ3) is 1.52. The van der Waals surface area contributed by atoms with Crippen LogP contribution < -0.4 is 5.43 Å². The molecule has 0 atom stereocenters. The Morgan fingerprint density at radius 3 is 2.93 bits per heavy atom. The van der Waals surface area contributed by atoms with Gasteiger partial charge in [0.25, 0.3) is 0 Å². The highest BCUT2D eigenvalue weighted by Gasteiger charge is 2.13. The van der Waals surface area contributed by atoms with Crippen LogP contribution in [0.3, 0.4) is 0 Å². The Morgan fingerprint density at radius 2 is 2.27 bits per heavy atom. The summed E-state index contributed by atoms with van der Waals surface area (Å²) in [5, 5.41) is 8.79. The third-order valence-electron chi connectivity index (χ3n) is 1.95. The van der Waals surface area contributed by atoms with Gasteiger partial charge in [-0.05, 0) is 12.1 Å². The van der Waals surface area contributed by atoms with Crippen LogP contribution in [0.25, 0.3) is 11.0 Å². The molecule has 0 aromatic carbocycles. The minimum atomic E-state index is -1.26. The maximum Gasteiger partial charge on any atom is 0.341 e. The summed E-state index contributed by atoms with van der Waals surface area (Å²) in [7, 11) is 0.